The van der Waals surface area contributed by atoms with E-state index in [1.807, 2.05) is 12.2 Å². The second-order valence-corrected chi connectivity index (χ2v) is 7.18. The molecule has 0 aromatic heterocycles. The molecule has 0 N–H and O–H groups in total. The van der Waals surface area contributed by atoms with Crippen molar-refractivity contribution < 1.29 is 33.4 Å². The maximum atomic E-state index is 12.4. The van der Waals surface area contributed by atoms with E-state index in [0.717, 1.165) is 4.90 Å². The Bertz CT molecular complexity index is 865. The number of esters is 1. The summed E-state index contributed by atoms with van der Waals surface area (Å²) < 4.78 is 15.9. The van der Waals surface area contributed by atoms with E-state index in [1.54, 1.807) is 18.2 Å². The molecule has 0 spiro atoms. The van der Waals surface area contributed by atoms with Gasteiger partial charge in [0.05, 0.1) is 18.3 Å². The molecule has 2 aliphatic heterocycles. The fourth-order valence-corrected chi connectivity index (χ4v) is 3.81. The van der Waals surface area contributed by atoms with Crippen molar-refractivity contribution >= 4 is 23.6 Å². The minimum atomic E-state index is -0.635. The summed E-state index contributed by atoms with van der Waals surface area (Å²) >= 11 is 0. The molecule has 29 heavy (non-hydrogen) atoms. The summed E-state index contributed by atoms with van der Waals surface area (Å²) in [6.45, 7) is 0.417. The summed E-state index contributed by atoms with van der Waals surface area (Å²) in [7, 11) is 0. The van der Waals surface area contributed by atoms with E-state index in [-0.39, 0.29) is 42.4 Å². The monoisotopic (exact) mass is 399 g/mol. The van der Waals surface area contributed by atoms with Crippen LogP contribution in [0.25, 0.3) is 0 Å². The SMILES string of the molecule is O=C(CCN1C(=O)[C@@H]2CC=CC[C@H]2C1=O)OCC(=O)c1ccc2c(c1)OCCO2. The van der Waals surface area contributed by atoms with Crippen LogP contribution in [-0.2, 0) is 19.1 Å². The Balaban J connectivity index is 1.27. The number of allylic oxidation sites excluding steroid dienone is 2. The number of carbonyl (C=O) groups excluding carboxylic acids is 4. The fourth-order valence-electron chi connectivity index (χ4n) is 3.81. The van der Waals surface area contributed by atoms with Gasteiger partial charge in [0, 0.05) is 12.1 Å². The van der Waals surface area contributed by atoms with E-state index in [4.69, 9.17) is 14.2 Å². The Morgan fingerprint density at radius 1 is 1.00 bits per heavy atom. The van der Waals surface area contributed by atoms with Gasteiger partial charge in [0.15, 0.2) is 23.9 Å². The van der Waals surface area contributed by atoms with Gasteiger partial charge in [-0.1, -0.05) is 12.2 Å². The Morgan fingerprint density at radius 3 is 2.34 bits per heavy atom. The van der Waals surface area contributed by atoms with Crippen LogP contribution in [0.15, 0.2) is 30.4 Å². The number of hydrogen-bond acceptors (Lipinski definition) is 7. The van der Waals surface area contributed by atoms with Gasteiger partial charge in [-0.3, -0.25) is 24.1 Å². The smallest absolute Gasteiger partial charge is 0.308 e. The van der Waals surface area contributed by atoms with Gasteiger partial charge >= 0.3 is 5.97 Å². The highest BCUT2D eigenvalue weighted by Gasteiger charge is 2.46. The second-order valence-electron chi connectivity index (χ2n) is 7.18. The number of ether oxygens (including phenoxy) is 3. The van der Waals surface area contributed by atoms with Crippen LogP contribution in [0.2, 0.25) is 0 Å². The molecule has 2 heterocycles. The van der Waals surface area contributed by atoms with Crippen molar-refractivity contribution in [3.8, 4) is 11.5 Å². The molecule has 2 atom stereocenters. The van der Waals surface area contributed by atoms with Crippen molar-refractivity contribution in [2.24, 2.45) is 11.8 Å². The van der Waals surface area contributed by atoms with Crippen LogP contribution in [-0.4, -0.2) is 54.8 Å². The third-order valence-corrected chi connectivity index (χ3v) is 5.37. The van der Waals surface area contributed by atoms with E-state index >= 15 is 0 Å². The van der Waals surface area contributed by atoms with Gasteiger partial charge in [-0.05, 0) is 31.0 Å². The summed E-state index contributed by atoms with van der Waals surface area (Å²) in [6, 6.07) is 4.78. The molecule has 8 nitrogen and oxygen atoms in total. The molecule has 2 amide bonds. The van der Waals surface area contributed by atoms with E-state index in [2.05, 4.69) is 0 Å². The van der Waals surface area contributed by atoms with Crippen molar-refractivity contribution in [2.45, 2.75) is 19.3 Å². The number of nitrogens with zero attached hydrogens (tertiary/aromatic N) is 1. The van der Waals surface area contributed by atoms with E-state index in [9.17, 15) is 19.2 Å². The number of rotatable bonds is 6. The Kier molecular flexibility index (Phi) is 5.33. The number of ketones is 1. The molecule has 1 aromatic rings. The van der Waals surface area contributed by atoms with Gasteiger partial charge in [-0.15, -0.1) is 0 Å². The summed E-state index contributed by atoms with van der Waals surface area (Å²) in [6.07, 6.45) is 4.79. The lowest BCUT2D eigenvalue weighted by molar-refractivity contribution is -0.145. The second kappa shape index (κ2) is 8.06. The summed E-state index contributed by atoms with van der Waals surface area (Å²) in [5.41, 5.74) is 0.350. The first kappa shape index (κ1) is 19.2. The van der Waals surface area contributed by atoms with Crippen LogP contribution in [0.5, 0.6) is 11.5 Å². The molecule has 0 radical (unpaired) electrons. The molecule has 0 bridgehead atoms. The molecule has 1 saturated heterocycles. The van der Waals surface area contributed by atoms with Crippen molar-refractivity contribution in [1.29, 1.82) is 0 Å². The highest BCUT2D eigenvalue weighted by molar-refractivity contribution is 6.05. The normalized spacial score (nSPS) is 22.4. The van der Waals surface area contributed by atoms with Crippen molar-refractivity contribution in [3.05, 3.63) is 35.9 Å². The zero-order valence-electron chi connectivity index (χ0n) is 15.8. The number of Topliss-reactive ketones (excluding diaryl/α,β-unsaturated/α-hetero) is 1. The molecule has 1 aromatic carbocycles. The quantitative estimate of drug-likeness (QED) is 0.310. The Hall–Kier alpha value is -3.16. The van der Waals surface area contributed by atoms with Gasteiger partial charge in [0.25, 0.3) is 0 Å². The lowest BCUT2D eigenvalue weighted by atomic mass is 9.85. The highest BCUT2D eigenvalue weighted by Crippen LogP contribution is 2.35. The van der Waals surface area contributed by atoms with E-state index in [1.165, 1.54) is 0 Å². The Labute approximate surface area is 167 Å². The van der Waals surface area contributed by atoms with Gasteiger partial charge in [-0.2, -0.15) is 0 Å². The maximum absolute atomic E-state index is 12.4. The number of imide groups is 1. The first-order valence-electron chi connectivity index (χ1n) is 9.63. The first-order valence-corrected chi connectivity index (χ1v) is 9.63. The summed E-state index contributed by atoms with van der Waals surface area (Å²) in [5, 5.41) is 0. The van der Waals surface area contributed by atoms with Gasteiger partial charge in [-0.25, -0.2) is 0 Å². The Morgan fingerprint density at radius 2 is 1.66 bits per heavy atom. The molecule has 8 heteroatoms. The van der Waals surface area contributed by atoms with Gasteiger partial charge in [0.1, 0.15) is 13.2 Å². The van der Waals surface area contributed by atoms with Crippen LogP contribution in [0, 0.1) is 11.8 Å². The summed E-state index contributed by atoms with van der Waals surface area (Å²) in [4.78, 5) is 50.2. The molecular formula is C21H21NO7. The van der Waals surface area contributed by atoms with Crippen molar-refractivity contribution in [2.75, 3.05) is 26.4 Å². The third kappa shape index (κ3) is 3.87. The number of benzene rings is 1. The lowest BCUT2D eigenvalue weighted by Gasteiger charge is -2.18. The number of carbonyl (C=O) groups is 4. The molecule has 0 saturated carbocycles. The predicted molar refractivity (Wildman–Crippen MR) is 99.4 cm³/mol. The van der Waals surface area contributed by atoms with Crippen molar-refractivity contribution in [1.82, 2.24) is 4.90 Å². The fraction of sp³-hybridized carbons (Fsp3) is 0.429. The minimum Gasteiger partial charge on any atom is -0.486 e. The molecule has 1 aliphatic carbocycles. The summed E-state index contributed by atoms with van der Waals surface area (Å²) in [5.74, 6) is -1.06. The standard InChI is InChI=1S/C21H21NO7/c23-16(13-5-6-17-18(11-13)28-10-9-27-17)12-29-19(24)7-8-22-20(25)14-3-1-2-4-15(14)21(22)26/h1-2,5-6,11,14-15H,3-4,7-10,12H2/t14-,15-/m1/s1. The third-order valence-electron chi connectivity index (χ3n) is 5.37. The van der Waals surface area contributed by atoms with Crippen LogP contribution in [0.1, 0.15) is 29.6 Å². The lowest BCUT2D eigenvalue weighted by Crippen LogP contribution is -2.33. The number of amides is 2. The molecule has 152 valence electrons. The molecule has 4 rings (SSSR count). The van der Waals surface area contributed by atoms with E-state index < -0.39 is 12.6 Å². The molecule has 1 fully saturated rings. The molecular weight excluding hydrogens is 378 g/mol. The van der Waals surface area contributed by atoms with Crippen LogP contribution >= 0.6 is 0 Å². The largest absolute Gasteiger partial charge is 0.486 e. The van der Waals surface area contributed by atoms with Gasteiger partial charge in [0.2, 0.25) is 11.8 Å². The first-order chi connectivity index (χ1) is 14.0. The van der Waals surface area contributed by atoms with Gasteiger partial charge < -0.3 is 14.2 Å². The van der Waals surface area contributed by atoms with Crippen LogP contribution in [0.4, 0.5) is 0 Å². The zero-order valence-corrected chi connectivity index (χ0v) is 15.8. The number of hydrogen-bond donors (Lipinski definition) is 0. The predicted octanol–water partition coefficient (Wildman–Crippen LogP) is 1.52. The number of fused-ring (bicyclic) bond motifs is 2. The average molecular weight is 399 g/mol. The van der Waals surface area contributed by atoms with Crippen LogP contribution < -0.4 is 9.47 Å². The molecule has 0 unspecified atom stereocenters. The highest BCUT2D eigenvalue weighted by atomic mass is 16.6. The van der Waals surface area contributed by atoms with Crippen molar-refractivity contribution in [3.63, 3.8) is 0 Å². The minimum absolute atomic E-state index is 0.0261. The zero-order chi connectivity index (χ0) is 20.4. The van der Waals surface area contributed by atoms with Crippen LogP contribution in [0.3, 0.4) is 0 Å². The average Bonchev–Trinajstić information content (AvgIpc) is 3.00. The molecule has 3 aliphatic rings. The maximum Gasteiger partial charge on any atom is 0.308 e. The topological polar surface area (TPSA) is 99.2 Å². The number of likely N-dealkylation sites (tertiary alicyclic amines) is 1. The van der Waals surface area contributed by atoms with E-state index in [0.29, 0.717) is 43.1 Å².